The summed E-state index contributed by atoms with van der Waals surface area (Å²) in [6.45, 7) is -0.794. The predicted molar refractivity (Wildman–Crippen MR) is 114 cm³/mol. The lowest BCUT2D eigenvalue weighted by Crippen LogP contribution is -2.46. The Labute approximate surface area is 177 Å². The highest BCUT2D eigenvalue weighted by Crippen LogP contribution is 2.24. The molecule has 0 saturated carbocycles. The maximum atomic E-state index is 12.8. The van der Waals surface area contributed by atoms with E-state index in [1.54, 1.807) is 24.3 Å². The Morgan fingerprint density at radius 2 is 1.68 bits per heavy atom. The second-order valence-electron chi connectivity index (χ2n) is 6.88. The lowest BCUT2D eigenvalue weighted by Gasteiger charge is -2.23. The number of nitrogens with one attached hydrogen (secondary N) is 1. The molecule has 0 radical (unpaired) electrons. The molecule has 0 aliphatic heterocycles. The van der Waals surface area contributed by atoms with Crippen LogP contribution >= 0.6 is 0 Å². The molecule has 9 heteroatoms. The van der Waals surface area contributed by atoms with E-state index in [-0.39, 0.29) is 0 Å². The van der Waals surface area contributed by atoms with E-state index in [0.717, 1.165) is 11.8 Å². The third kappa shape index (κ3) is 5.29. The number of pyridine rings is 1. The van der Waals surface area contributed by atoms with Crippen LogP contribution in [-0.2, 0) is 0 Å². The molecular formula is C22H23N3O6. The number of aromatic nitrogens is 1. The topological polar surface area (TPSA) is 156 Å². The monoisotopic (exact) mass is 425 g/mol. The van der Waals surface area contributed by atoms with Crippen LogP contribution in [0.3, 0.4) is 0 Å². The van der Waals surface area contributed by atoms with Crippen molar-refractivity contribution in [1.29, 1.82) is 0 Å². The molecule has 0 aliphatic rings. The van der Waals surface area contributed by atoms with Gasteiger partial charge in [-0.2, -0.15) is 5.10 Å². The normalized spacial score (nSPS) is 15.5. The maximum absolute atomic E-state index is 12.8. The van der Waals surface area contributed by atoms with Crippen molar-refractivity contribution < 1.29 is 30.3 Å². The molecule has 0 spiro atoms. The summed E-state index contributed by atoms with van der Waals surface area (Å²) in [5, 5.41) is 51.7. The minimum absolute atomic E-state index is 0.312. The van der Waals surface area contributed by atoms with Gasteiger partial charge in [-0.15, -0.1) is 0 Å². The van der Waals surface area contributed by atoms with E-state index in [1.165, 1.54) is 0 Å². The molecule has 162 valence electrons. The van der Waals surface area contributed by atoms with E-state index in [9.17, 15) is 25.2 Å². The summed E-state index contributed by atoms with van der Waals surface area (Å²) in [5.74, 6) is -0.565. The number of fused-ring (bicyclic) bond motifs is 1. The molecule has 31 heavy (non-hydrogen) atoms. The van der Waals surface area contributed by atoms with Crippen molar-refractivity contribution in [2.75, 3.05) is 6.61 Å². The zero-order valence-corrected chi connectivity index (χ0v) is 16.4. The van der Waals surface area contributed by atoms with Gasteiger partial charge < -0.3 is 25.5 Å². The van der Waals surface area contributed by atoms with E-state index < -0.39 is 36.9 Å². The zero-order valence-electron chi connectivity index (χ0n) is 16.4. The third-order valence-corrected chi connectivity index (χ3v) is 4.70. The van der Waals surface area contributed by atoms with E-state index in [4.69, 9.17) is 5.11 Å². The number of aliphatic hydroxyl groups excluding tert-OH is 5. The van der Waals surface area contributed by atoms with Gasteiger partial charge in [0.05, 0.1) is 29.6 Å². The van der Waals surface area contributed by atoms with Crippen molar-refractivity contribution in [3.8, 4) is 11.3 Å². The van der Waals surface area contributed by atoms with Gasteiger partial charge in [-0.05, 0) is 12.1 Å². The van der Waals surface area contributed by atoms with Crippen LogP contribution in [0.5, 0.6) is 0 Å². The molecule has 0 fully saturated rings. The Balaban J connectivity index is 1.81. The summed E-state index contributed by atoms with van der Waals surface area (Å²) in [7, 11) is 0. The number of hydrazone groups is 1. The first kappa shape index (κ1) is 22.5. The van der Waals surface area contributed by atoms with Crippen molar-refractivity contribution in [1.82, 2.24) is 10.4 Å². The number of hydrogen-bond acceptors (Lipinski definition) is 8. The lowest BCUT2D eigenvalue weighted by atomic mass is 10.0. The maximum Gasteiger partial charge on any atom is 0.272 e. The summed E-state index contributed by atoms with van der Waals surface area (Å²) in [5.41, 5.74) is 4.64. The van der Waals surface area contributed by atoms with E-state index in [1.807, 2.05) is 36.4 Å². The highest BCUT2D eigenvalue weighted by Gasteiger charge is 2.29. The standard InChI is InChI=1S/C22H23N3O6/c26-12-19(28)21(30)20(29)18(27)11-23-25-22(31)15-10-17(13-6-2-1-3-7-13)24-16-9-5-4-8-14(15)16/h1-11,18-21,26-30H,12H2,(H,25,31). The molecule has 1 aromatic heterocycles. The number of aliphatic hydroxyl groups is 5. The Kier molecular flexibility index (Phi) is 7.40. The Bertz CT molecular complexity index is 1060. The highest BCUT2D eigenvalue weighted by molar-refractivity contribution is 6.07. The van der Waals surface area contributed by atoms with Gasteiger partial charge in [0.25, 0.3) is 5.91 Å². The number of amides is 1. The van der Waals surface area contributed by atoms with Crippen LogP contribution in [0.25, 0.3) is 22.2 Å². The van der Waals surface area contributed by atoms with Crippen LogP contribution in [0.1, 0.15) is 10.4 Å². The van der Waals surface area contributed by atoms with Crippen LogP contribution in [0.2, 0.25) is 0 Å². The smallest absolute Gasteiger partial charge is 0.272 e. The van der Waals surface area contributed by atoms with Gasteiger partial charge in [0.15, 0.2) is 0 Å². The van der Waals surface area contributed by atoms with Crippen molar-refractivity contribution in [2.45, 2.75) is 24.4 Å². The molecule has 1 heterocycles. The largest absolute Gasteiger partial charge is 0.394 e. The number of carbonyl (C=O) groups excluding carboxylic acids is 1. The molecule has 3 rings (SSSR count). The van der Waals surface area contributed by atoms with E-state index in [0.29, 0.717) is 22.2 Å². The molecular weight excluding hydrogens is 402 g/mol. The summed E-state index contributed by atoms with van der Waals surface area (Å²) in [6.07, 6.45) is -6.11. The van der Waals surface area contributed by atoms with Crippen LogP contribution in [0.15, 0.2) is 65.8 Å². The molecule has 3 aromatic rings. The first-order chi connectivity index (χ1) is 14.9. The Hall–Kier alpha value is -3.21. The van der Waals surface area contributed by atoms with Crippen LogP contribution in [-0.4, -0.2) is 73.7 Å². The quantitative estimate of drug-likeness (QED) is 0.220. The molecule has 2 aromatic carbocycles. The SMILES string of the molecule is O=C(NN=CC(O)C(O)C(O)C(O)CO)c1cc(-c2ccccc2)nc2ccccc12. The summed E-state index contributed by atoms with van der Waals surface area (Å²) in [6, 6.07) is 18.1. The van der Waals surface area contributed by atoms with E-state index >= 15 is 0 Å². The molecule has 6 N–H and O–H groups in total. The Morgan fingerprint density at radius 1 is 1.00 bits per heavy atom. The number of carbonyl (C=O) groups is 1. The van der Waals surface area contributed by atoms with E-state index in [2.05, 4.69) is 15.5 Å². The van der Waals surface area contributed by atoms with Crippen molar-refractivity contribution >= 4 is 23.0 Å². The predicted octanol–water partition coefficient (Wildman–Crippen LogP) is 0.0533. The van der Waals surface area contributed by atoms with Gasteiger partial charge in [0.2, 0.25) is 0 Å². The number of rotatable bonds is 8. The first-order valence-electron chi connectivity index (χ1n) is 9.54. The fourth-order valence-corrected chi connectivity index (χ4v) is 2.98. The molecule has 4 atom stereocenters. The highest BCUT2D eigenvalue weighted by atomic mass is 16.4. The first-order valence-corrected chi connectivity index (χ1v) is 9.54. The molecule has 0 aliphatic carbocycles. The summed E-state index contributed by atoms with van der Waals surface area (Å²) < 4.78 is 0. The zero-order chi connectivity index (χ0) is 22.4. The van der Waals surface area contributed by atoms with Crippen LogP contribution in [0, 0.1) is 0 Å². The fourth-order valence-electron chi connectivity index (χ4n) is 2.98. The number of nitrogens with zero attached hydrogens (tertiary/aromatic N) is 2. The second kappa shape index (κ2) is 10.2. The third-order valence-electron chi connectivity index (χ3n) is 4.70. The van der Waals surface area contributed by atoms with Gasteiger partial charge >= 0.3 is 0 Å². The average Bonchev–Trinajstić information content (AvgIpc) is 2.82. The number of hydrogen-bond donors (Lipinski definition) is 6. The average molecular weight is 425 g/mol. The summed E-state index contributed by atoms with van der Waals surface area (Å²) >= 11 is 0. The van der Waals surface area contributed by atoms with Gasteiger partial charge in [0.1, 0.15) is 24.4 Å². The van der Waals surface area contributed by atoms with Crippen molar-refractivity contribution in [2.24, 2.45) is 5.10 Å². The molecule has 4 unspecified atom stereocenters. The molecule has 9 nitrogen and oxygen atoms in total. The summed E-state index contributed by atoms with van der Waals surface area (Å²) in [4.78, 5) is 17.4. The molecule has 0 saturated heterocycles. The fraction of sp³-hybridized carbons (Fsp3) is 0.227. The minimum atomic E-state index is -1.81. The second-order valence-corrected chi connectivity index (χ2v) is 6.88. The van der Waals surface area contributed by atoms with Gasteiger partial charge in [-0.1, -0.05) is 48.5 Å². The minimum Gasteiger partial charge on any atom is -0.394 e. The lowest BCUT2D eigenvalue weighted by molar-refractivity contribution is -0.0999. The van der Waals surface area contributed by atoms with Gasteiger partial charge in [0, 0.05) is 10.9 Å². The number of benzene rings is 2. The van der Waals surface area contributed by atoms with Gasteiger partial charge in [-0.25, -0.2) is 10.4 Å². The van der Waals surface area contributed by atoms with Crippen molar-refractivity contribution in [3.05, 3.63) is 66.2 Å². The van der Waals surface area contributed by atoms with Crippen LogP contribution in [0.4, 0.5) is 0 Å². The van der Waals surface area contributed by atoms with Crippen LogP contribution < -0.4 is 5.43 Å². The Morgan fingerprint density at radius 3 is 2.39 bits per heavy atom. The molecule has 1 amide bonds. The number of para-hydroxylation sites is 1. The van der Waals surface area contributed by atoms with Gasteiger partial charge in [-0.3, -0.25) is 4.79 Å². The molecule has 0 bridgehead atoms. The van der Waals surface area contributed by atoms with Crippen molar-refractivity contribution in [3.63, 3.8) is 0 Å².